The predicted octanol–water partition coefficient (Wildman–Crippen LogP) is -12.3. The van der Waals surface area contributed by atoms with E-state index in [1.54, 1.807) is 13.8 Å². The van der Waals surface area contributed by atoms with Crippen LogP contribution in [0.4, 0.5) is 0 Å². The van der Waals surface area contributed by atoms with E-state index in [4.69, 9.17) is 56.7 Å². The Kier molecular flexibility index (Phi) is 51.3. The van der Waals surface area contributed by atoms with Crippen molar-refractivity contribution >= 4 is 185 Å². The fourth-order valence-electron chi connectivity index (χ4n) is 13.7. The van der Waals surface area contributed by atoms with E-state index in [-0.39, 0.29) is 96.1 Å². The van der Waals surface area contributed by atoms with Crippen LogP contribution in [0.2, 0.25) is 0 Å². The van der Waals surface area contributed by atoms with Crippen LogP contribution < -0.4 is 142 Å². The SMILES string of the molecule is CC(C)C[C@@H]1NC(=O)[C@H](C)NC(=O)[C@H]([C@@H](C)O)NC(=O)C(CCC(=O)O)NC(=O)[C@@H]2CCCN2C(=O)[C@H](C)NC(=O)[C@H](CCCCN)NC(=O)[C@@H]2CSSC[C@@H](C(=O)N[C@@H](CCC(N)=O)C(=O)N[C@@H](CCC(N)=O)C(=O)N[C@@H](Cc3c[nH]cn3)C(N)=O)NC(=O)[C@H](CCCNC(=N)N)NC(=O)[C@H](CCCNC(=N)N)NC(=O)[C@H](C)NC(=O)[C@@H](CSSC[C@@H](N)C(=O)N[C@H](CC(N)=O)C(=O)N2)NC1=O. The smallest absolute Gasteiger partial charge is 0.303 e. The highest BCUT2D eigenvalue weighted by atomic mass is 33.1. The number of carboxylic acids is 1. The first-order valence-electron chi connectivity index (χ1n) is 44.3. The number of fused-ring (bicyclic) bond motifs is 12. The molecule has 3 fully saturated rings. The van der Waals surface area contributed by atoms with Gasteiger partial charge in [0, 0.05) is 74.5 Å². The molecule has 4 rings (SSSR count). The second-order valence-electron chi connectivity index (χ2n) is 33.2. The molecule has 3 aliphatic heterocycles. The number of guanidine groups is 2. The number of imidazole rings is 1. The monoisotopic (exact) mass is 2030 g/mol. The van der Waals surface area contributed by atoms with Gasteiger partial charge in [-0.2, -0.15) is 0 Å². The number of aliphatic hydroxyl groups is 1. The number of aliphatic carboxylic acids is 1. The van der Waals surface area contributed by atoms with Gasteiger partial charge in [-0.3, -0.25) is 116 Å². The van der Waals surface area contributed by atoms with Crippen LogP contribution in [-0.2, 0) is 112 Å². The highest BCUT2D eigenvalue weighted by Gasteiger charge is 2.43. The summed E-state index contributed by atoms with van der Waals surface area (Å²) in [5.41, 5.74) is 46.1. The van der Waals surface area contributed by atoms with Gasteiger partial charge in [0.1, 0.15) is 103 Å². The number of aromatic amines is 1. The van der Waals surface area contributed by atoms with Crippen LogP contribution >= 0.6 is 43.2 Å². The van der Waals surface area contributed by atoms with E-state index in [1.807, 2.05) is 0 Å². The summed E-state index contributed by atoms with van der Waals surface area (Å²) in [5.74, 6) is -29.3. The zero-order valence-corrected chi connectivity index (χ0v) is 80.4. The standard InChI is InChI=1S/C79H131N31O24S4/c1-35(2)26-49-70(127)107-51-31-136-135-30-41(81)63(120)105-50(28-57(84)114)71(128)108-53(73(130)99-42(12-7-8-22-80)64(121)96-38(5)77(134)110-25-11-15-54(110)75(132)102-47(18-21-58(115)116)69(126)109-59(39(6)111)76(133)95-37(4)62(119)104-49)33-138-137-32-52(106-66(123)44(14-10-24-92-79(88)89)98-65(122)43(13-9-23-91-78(86)87)97-61(118)36(3)94-72(51)129)74(131)101-45(16-19-55(82)112)67(124)100-46(17-20-56(83)113)68(125)103-48(60(85)117)27-40-29-90-34-93-40/h29,34-39,41-54,59,111H,7-28,30-33,80-81H2,1-6H3,(H2,82,112)(H2,83,113)(H2,84,114)(H2,85,117)(H,90,93)(H,94,129)(H,95,133)(H,96,121)(H,97,118)(H,98,122)(H,99,130)(H,100,124)(H,101,131)(H,102,132)(H,103,125)(H,104,119)(H,105,120)(H,106,123)(H,107,127)(H,108,128)(H,109,126)(H,115,116)(H4,86,87,91)(H4,88,89,92)/t36-,37-,38-,39+,41+,42-,43-,44-,45-,46-,47?,48-,49-,50+,51+,52-,53-,54-,59-/m0/s1. The zero-order valence-electron chi connectivity index (χ0n) is 77.1. The van der Waals surface area contributed by atoms with E-state index >= 15 is 19.2 Å². The Bertz CT molecular complexity index is 4470. The maximum Gasteiger partial charge on any atom is 0.303 e. The zero-order chi connectivity index (χ0) is 103. The number of unbranched alkanes of at least 4 members (excludes halogenated alkanes) is 1. The Hall–Kier alpha value is -12.6. The third-order valence-electron chi connectivity index (χ3n) is 21.2. The number of H-pyrrole nitrogens is 1. The number of carbonyl (C=O) groups is 22. The summed E-state index contributed by atoms with van der Waals surface area (Å²) >= 11 is 0. The molecule has 59 heteroatoms. The summed E-state index contributed by atoms with van der Waals surface area (Å²) < 4.78 is 0. The van der Waals surface area contributed by atoms with Crippen LogP contribution in [0.5, 0.6) is 0 Å². The first-order valence-corrected chi connectivity index (χ1v) is 49.3. The molecule has 1 unspecified atom stereocenters. The molecule has 21 amide bonds. The van der Waals surface area contributed by atoms with Crippen molar-refractivity contribution in [3.63, 3.8) is 0 Å². The van der Waals surface area contributed by atoms with Crippen molar-refractivity contribution in [2.45, 2.75) is 272 Å². The van der Waals surface area contributed by atoms with Crippen LogP contribution in [0.25, 0.3) is 0 Å². The Morgan fingerprint density at radius 2 is 0.942 bits per heavy atom. The minimum atomic E-state index is -2.01. The first kappa shape index (κ1) is 118. The number of nitrogens with one attached hydrogen (secondary N) is 21. The number of nitrogens with zero attached hydrogens (tertiary/aromatic N) is 2. The number of carbonyl (C=O) groups excluding carboxylic acids is 21. The molecule has 0 aliphatic carbocycles. The average molecular weight is 2030 g/mol. The second kappa shape index (κ2) is 60.2. The van der Waals surface area contributed by atoms with Crippen LogP contribution in [0.15, 0.2) is 12.5 Å². The van der Waals surface area contributed by atoms with Gasteiger partial charge >= 0.3 is 5.97 Å². The number of primary amides is 4. The molecule has 0 spiro atoms. The number of hydrogen-bond donors (Lipinski definition) is 31. The van der Waals surface area contributed by atoms with E-state index in [0.717, 1.165) is 47.3 Å². The number of aromatic nitrogens is 2. The first-order chi connectivity index (χ1) is 65.0. The lowest BCUT2D eigenvalue weighted by atomic mass is 10.0. The molecule has 0 aromatic carbocycles. The van der Waals surface area contributed by atoms with Gasteiger partial charge in [-0.25, -0.2) is 4.98 Å². The summed E-state index contributed by atoms with van der Waals surface area (Å²) in [6.07, 6.45) is -5.53. The van der Waals surface area contributed by atoms with E-state index < -0.39 is 337 Å². The minimum absolute atomic E-state index is 0.0326. The molecule has 138 heavy (non-hydrogen) atoms. The molecule has 1 aromatic rings. The molecule has 19 atom stereocenters. The van der Waals surface area contributed by atoms with Gasteiger partial charge in [0.2, 0.25) is 124 Å². The maximum absolute atomic E-state index is 15.4. The Balaban J connectivity index is 2.11. The van der Waals surface area contributed by atoms with E-state index in [1.165, 1.54) is 19.4 Å². The van der Waals surface area contributed by atoms with Crippen LogP contribution in [0.3, 0.4) is 0 Å². The number of rotatable bonds is 35. The summed E-state index contributed by atoms with van der Waals surface area (Å²) in [6.45, 7) is 7.48. The maximum atomic E-state index is 15.4. The Morgan fingerprint density at radius 1 is 0.493 bits per heavy atom. The molecule has 39 N–H and O–H groups in total. The van der Waals surface area contributed by atoms with Crippen molar-refractivity contribution in [3.8, 4) is 0 Å². The molecule has 3 saturated heterocycles. The van der Waals surface area contributed by atoms with E-state index in [2.05, 4.69) is 106 Å². The molecular formula is C79H131N31O24S4. The summed E-state index contributed by atoms with van der Waals surface area (Å²) in [5, 5.41) is 80.7. The average Bonchev–Trinajstić information content (AvgIpc) is 1.66. The third-order valence-corrected chi connectivity index (χ3v) is 26.1. The molecule has 770 valence electrons. The molecular weight excluding hydrogens is 1900 g/mol. The largest absolute Gasteiger partial charge is 0.481 e. The Morgan fingerprint density at radius 3 is 1.46 bits per heavy atom. The quantitative estimate of drug-likeness (QED) is 0.0130. The molecule has 4 heterocycles. The van der Waals surface area contributed by atoms with Crippen molar-refractivity contribution < 1.29 is 116 Å². The third kappa shape index (κ3) is 42.5. The van der Waals surface area contributed by atoms with Gasteiger partial charge in [0.05, 0.1) is 30.6 Å². The predicted molar refractivity (Wildman–Crippen MR) is 502 cm³/mol. The van der Waals surface area contributed by atoms with Crippen molar-refractivity contribution in [3.05, 3.63) is 18.2 Å². The molecule has 0 saturated carbocycles. The van der Waals surface area contributed by atoms with E-state index in [0.29, 0.717) is 21.6 Å². The van der Waals surface area contributed by atoms with Gasteiger partial charge in [0.15, 0.2) is 11.9 Å². The van der Waals surface area contributed by atoms with Crippen LogP contribution in [-0.4, -0.2) is 331 Å². The van der Waals surface area contributed by atoms with Gasteiger partial charge in [-0.15, -0.1) is 0 Å². The molecule has 3 aliphatic rings. The molecule has 55 nitrogen and oxygen atoms in total. The molecule has 1 aromatic heterocycles. The highest BCUT2D eigenvalue weighted by Crippen LogP contribution is 2.27. The van der Waals surface area contributed by atoms with Gasteiger partial charge < -0.3 is 162 Å². The van der Waals surface area contributed by atoms with Gasteiger partial charge in [-0.1, -0.05) is 57.0 Å². The van der Waals surface area contributed by atoms with Crippen molar-refractivity contribution in [1.82, 2.24) is 111 Å². The number of nitrogens with two attached hydrogens (primary N) is 8. The topological polar surface area (TPSA) is 920 Å². The number of aliphatic hydroxyl groups excluding tert-OH is 1. The fourth-order valence-corrected chi connectivity index (χ4v) is 18.3. The lowest BCUT2D eigenvalue weighted by Crippen LogP contribution is -2.61. The summed E-state index contributed by atoms with van der Waals surface area (Å²) in [7, 11) is 2.86. The number of amides is 21. The minimum Gasteiger partial charge on any atom is -0.481 e. The molecule has 2 bridgehead atoms. The normalized spacial score (nSPS) is 25.1. The van der Waals surface area contributed by atoms with Crippen molar-refractivity contribution in [2.75, 3.05) is 49.2 Å². The van der Waals surface area contributed by atoms with Gasteiger partial charge in [-0.05, 0) is 124 Å². The number of hydrogen-bond acceptors (Lipinski definition) is 32. The Labute approximate surface area is 809 Å². The fraction of sp³-hybridized carbons (Fsp3) is 0.658. The molecule has 0 radical (unpaired) electrons. The second-order valence-corrected chi connectivity index (χ2v) is 38.3. The van der Waals surface area contributed by atoms with Crippen molar-refractivity contribution in [1.29, 1.82) is 10.8 Å². The van der Waals surface area contributed by atoms with Crippen LogP contribution in [0.1, 0.15) is 156 Å². The van der Waals surface area contributed by atoms with Crippen LogP contribution in [0, 0.1) is 16.7 Å². The van der Waals surface area contributed by atoms with Crippen molar-refractivity contribution in [2.24, 2.45) is 51.8 Å². The summed E-state index contributed by atoms with van der Waals surface area (Å²) in [4.78, 5) is 320. The number of carboxylic acid groups (broad SMARTS) is 1. The van der Waals surface area contributed by atoms with E-state index in [9.17, 15) is 96.5 Å². The summed E-state index contributed by atoms with van der Waals surface area (Å²) in [6, 6.07) is -31.5. The lowest BCUT2D eigenvalue weighted by molar-refractivity contribution is -0.142. The van der Waals surface area contributed by atoms with Gasteiger partial charge in [0.25, 0.3) is 0 Å². The lowest BCUT2D eigenvalue weighted by Gasteiger charge is -2.30. The highest BCUT2D eigenvalue weighted by molar-refractivity contribution is 8.77.